The summed E-state index contributed by atoms with van der Waals surface area (Å²) < 4.78 is 0. The molecule has 0 aliphatic carbocycles. The van der Waals surface area contributed by atoms with Gasteiger partial charge in [0.2, 0.25) is 0 Å². The molecule has 1 aromatic rings. The van der Waals surface area contributed by atoms with E-state index in [-0.39, 0.29) is 0 Å². The predicted octanol–water partition coefficient (Wildman–Crippen LogP) is 2.87. The van der Waals surface area contributed by atoms with Gasteiger partial charge in [-0.25, -0.2) is 4.98 Å². The number of nitrogens with one attached hydrogen (secondary N) is 1. The number of nitrogens with zero attached hydrogens (tertiary/aromatic N) is 1. The minimum absolute atomic E-state index is 0.538. The van der Waals surface area contributed by atoms with E-state index in [1.54, 1.807) is 11.3 Å². The summed E-state index contributed by atoms with van der Waals surface area (Å²) in [4.78, 5) is 4.52. The average molecular weight is 226 g/mol. The van der Waals surface area contributed by atoms with Gasteiger partial charge < -0.3 is 5.32 Å². The fourth-order valence-corrected chi connectivity index (χ4v) is 2.53. The summed E-state index contributed by atoms with van der Waals surface area (Å²) in [6, 6.07) is 0.538. The van der Waals surface area contributed by atoms with Crippen molar-refractivity contribution in [2.45, 2.75) is 40.2 Å². The minimum atomic E-state index is 0.538. The maximum absolute atomic E-state index is 4.52. The Morgan fingerprint density at radius 1 is 1.40 bits per heavy atom. The van der Waals surface area contributed by atoms with Gasteiger partial charge in [0.15, 0.2) is 0 Å². The molecule has 15 heavy (non-hydrogen) atoms. The van der Waals surface area contributed by atoms with Crippen LogP contribution in [0.15, 0.2) is 5.38 Å². The first-order chi connectivity index (χ1) is 7.04. The van der Waals surface area contributed by atoms with Crippen molar-refractivity contribution < 1.29 is 0 Å². The Kier molecular flexibility index (Phi) is 4.74. The van der Waals surface area contributed by atoms with Crippen molar-refractivity contribution in [1.29, 1.82) is 0 Å². The molecule has 0 radical (unpaired) electrons. The zero-order valence-corrected chi connectivity index (χ0v) is 11.2. The van der Waals surface area contributed by atoms with Gasteiger partial charge in [0.05, 0.1) is 5.01 Å². The second kappa shape index (κ2) is 5.61. The van der Waals surface area contributed by atoms with Gasteiger partial charge in [0.1, 0.15) is 0 Å². The van der Waals surface area contributed by atoms with Crippen LogP contribution >= 0.6 is 11.3 Å². The fraction of sp³-hybridized carbons (Fsp3) is 0.750. The van der Waals surface area contributed by atoms with Crippen LogP contribution in [0.5, 0.6) is 0 Å². The summed E-state index contributed by atoms with van der Waals surface area (Å²) in [6.07, 6.45) is 1.05. The van der Waals surface area contributed by atoms with Crippen molar-refractivity contribution >= 4 is 11.3 Å². The highest BCUT2D eigenvalue weighted by Gasteiger charge is 2.19. The van der Waals surface area contributed by atoms with Gasteiger partial charge in [-0.05, 0) is 25.8 Å². The Morgan fingerprint density at radius 2 is 2.07 bits per heavy atom. The standard InChI is InChI=1S/C12H22N2S/c1-8(2)10(4)11(13-5)6-12-14-9(3)7-15-12/h7-8,10-11,13H,6H2,1-5H3. The number of hydrogen-bond acceptors (Lipinski definition) is 3. The van der Waals surface area contributed by atoms with Crippen LogP contribution in [-0.2, 0) is 6.42 Å². The molecule has 0 saturated carbocycles. The molecular weight excluding hydrogens is 204 g/mol. The maximum atomic E-state index is 4.52. The molecule has 0 amide bonds. The lowest BCUT2D eigenvalue weighted by Gasteiger charge is -2.25. The molecule has 0 aliphatic rings. The lowest BCUT2D eigenvalue weighted by atomic mass is 9.89. The van der Waals surface area contributed by atoms with E-state index in [0.717, 1.165) is 12.1 Å². The highest BCUT2D eigenvalue weighted by molar-refractivity contribution is 7.09. The molecule has 86 valence electrons. The van der Waals surface area contributed by atoms with Crippen LogP contribution in [0.1, 0.15) is 31.5 Å². The van der Waals surface area contributed by atoms with Crippen molar-refractivity contribution in [3.8, 4) is 0 Å². The van der Waals surface area contributed by atoms with Gasteiger partial charge in [0, 0.05) is 23.5 Å². The van der Waals surface area contributed by atoms with Crippen LogP contribution in [0.25, 0.3) is 0 Å². The largest absolute Gasteiger partial charge is 0.316 e. The molecule has 1 N–H and O–H groups in total. The number of aryl methyl sites for hydroxylation is 1. The fourth-order valence-electron chi connectivity index (χ4n) is 1.70. The van der Waals surface area contributed by atoms with E-state index in [1.807, 2.05) is 7.05 Å². The molecule has 1 aromatic heterocycles. The van der Waals surface area contributed by atoms with Gasteiger partial charge in [-0.3, -0.25) is 0 Å². The topological polar surface area (TPSA) is 24.9 Å². The molecule has 0 bridgehead atoms. The monoisotopic (exact) mass is 226 g/mol. The predicted molar refractivity (Wildman–Crippen MR) is 67.4 cm³/mol. The van der Waals surface area contributed by atoms with Crippen LogP contribution in [0, 0.1) is 18.8 Å². The van der Waals surface area contributed by atoms with E-state index in [0.29, 0.717) is 17.9 Å². The third kappa shape index (κ3) is 3.58. The van der Waals surface area contributed by atoms with E-state index in [1.165, 1.54) is 5.01 Å². The normalized spacial score (nSPS) is 15.6. The smallest absolute Gasteiger partial charge is 0.0943 e. The summed E-state index contributed by atoms with van der Waals surface area (Å²) in [5.41, 5.74) is 1.14. The third-order valence-corrected chi connectivity index (χ3v) is 4.11. The molecule has 0 spiro atoms. The van der Waals surface area contributed by atoms with Crippen molar-refractivity contribution in [3.05, 3.63) is 16.1 Å². The van der Waals surface area contributed by atoms with E-state index in [4.69, 9.17) is 0 Å². The summed E-state index contributed by atoms with van der Waals surface area (Å²) >= 11 is 1.77. The summed E-state index contributed by atoms with van der Waals surface area (Å²) in [5, 5.41) is 6.78. The third-order valence-electron chi connectivity index (χ3n) is 3.12. The lowest BCUT2D eigenvalue weighted by Crippen LogP contribution is -2.36. The number of thiazole rings is 1. The van der Waals surface area contributed by atoms with E-state index < -0.39 is 0 Å². The quantitative estimate of drug-likeness (QED) is 0.835. The Bertz CT molecular complexity index is 294. The molecule has 2 atom stereocenters. The summed E-state index contributed by atoms with van der Waals surface area (Å²) in [6.45, 7) is 8.93. The number of likely N-dealkylation sites (N-methyl/N-ethyl adjacent to an activating group) is 1. The second-order valence-corrected chi connectivity index (χ2v) is 5.53. The molecule has 0 aliphatic heterocycles. The van der Waals surface area contributed by atoms with Crippen molar-refractivity contribution in [1.82, 2.24) is 10.3 Å². The number of aromatic nitrogens is 1. The zero-order valence-electron chi connectivity index (χ0n) is 10.4. The number of rotatable bonds is 5. The van der Waals surface area contributed by atoms with Crippen LogP contribution in [0.3, 0.4) is 0 Å². The summed E-state index contributed by atoms with van der Waals surface area (Å²) in [5.74, 6) is 1.39. The molecule has 0 fully saturated rings. The Balaban J connectivity index is 2.61. The average Bonchev–Trinajstić information content (AvgIpc) is 2.59. The number of hydrogen-bond donors (Lipinski definition) is 1. The first kappa shape index (κ1) is 12.7. The highest BCUT2D eigenvalue weighted by Crippen LogP contribution is 2.19. The minimum Gasteiger partial charge on any atom is -0.316 e. The van der Waals surface area contributed by atoms with Crippen LogP contribution in [0.4, 0.5) is 0 Å². The van der Waals surface area contributed by atoms with Crippen molar-refractivity contribution in [3.63, 3.8) is 0 Å². The van der Waals surface area contributed by atoms with Gasteiger partial charge in [-0.15, -0.1) is 11.3 Å². The molecule has 3 heteroatoms. The first-order valence-corrected chi connectivity index (χ1v) is 6.50. The molecule has 2 unspecified atom stereocenters. The van der Waals surface area contributed by atoms with Crippen LogP contribution in [0.2, 0.25) is 0 Å². The van der Waals surface area contributed by atoms with Crippen molar-refractivity contribution in [2.24, 2.45) is 11.8 Å². The van der Waals surface area contributed by atoms with Crippen LogP contribution in [-0.4, -0.2) is 18.1 Å². The van der Waals surface area contributed by atoms with Gasteiger partial charge in [-0.2, -0.15) is 0 Å². The van der Waals surface area contributed by atoms with Crippen LogP contribution < -0.4 is 5.32 Å². The second-order valence-electron chi connectivity index (χ2n) is 4.59. The molecule has 0 saturated heterocycles. The zero-order chi connectivity index (χ0) is 11.4. The van der Waals surface area contributed by atoms with E-state index >= 15 is 0 Å². The van der Waals surface area contributed by atoms with E-state index in [2.05, 4.69) is 43.4 Å². The molecule has 2 nitrogen and oxygen atoms in total. The molecule has 0 aromatic carbocycles. The highest BCUT2D eigenvalue weighted by atomic mass is 32.1. The SMILES string of the molecule is CNC(Cc1nc(C)cs1)C(C)C(C)C. The Morgan fingerprint density at radius 3 is 2.47 bits per heavy atom. The summed E-state index contributed by atoms with van der Waals surface area (Å²) in [7, 11) is 2.05. The molecular formula is C12H22N2S. The molecule has 1 heterocycles. The van der Waals surface area contributed by atoms with Crippen molar-refractivity contribution in [2.75, 3.05) is 7.05 Å². The first-order valence-electron chi connectivity index (χ1n) is 5.62. The van der Waals surface area contributed by atoms with Gasteiger partial charge in [-0.1, -0.05) is 20.8 Å². The molecule has 1 rings (SSSR count). The maximum Gasteiger partial charge on any atom is 0.0943 e. The van der Waals surface area contributed by atoms with Gasteiger partial charge >= 0.3 is 0 Å². The van der Waals surface area contributed by atoms with E-state index in [9.17, 15) is 0 Å². The Labute approximate surface area is 97.1 Å². The Hall–Kier alpha value is -0.410. The lowest BCUT2D eigenvalue weighted by molar-refractivity contribution is 0.309. The van der Waals surface area contributed by atoms with Gasteiger partial charge in [0.25, 0.3) is 0 Å².